The second kappa shape index (κ2) is 10.9. The van der Waals surface area contributed by atoms with Gasteiger partial charge in [0.2, 0.25) is 15.9 Å². The van der Waals surface area contributed by atoms with Gasteiger partial charge in [-0.05, 0) is 55.3 Å². The third-order valence-electron chi connectivity index (χ3n) is 7.32. The number of amides is 1. The molecular weight excluding hydrogens is 560 g/mol. The zero-order valence-corrected chi connectivity index (χ0v) is 23.5. The maximum absolute atomic E-state index is 13.5. The second-order valence-corrected chi connectivity index (χ2v) is 13.7. The van der Waals surface area contributed by atoms with Crippen LogP contribution in [0.1, 0.15) is 43.6 Å². The highest BCUT2D eigenvalue weighted by atomic mass is 79.9. The third kappa shape index (κ3) is 5.67. The average Bonchev–Trinajstić information content (AvgIpc) is 3.52. The molecule has 1 N–H and O–H groups in total. The lowest BCUT2D eigenvalue weighted by atomic mass is 9.87. The van der Waals surface area contributed by atoms with Gasteiger partial charge in [-0.25, -0.2) is 13.4 Å². The van der Waals surface area contributed by atoms with Crippen molar-refractivity contribution in [3.8, 4) is 0 Å². The maximum Gasteiger partial charge on any atom is 0.243 e. The van der Waals surface area contributed by atoms with E-state index in [1.54, 1.807) is 16.4 Å². The molecule has 10 heteroatoms. The Labute approximate surface area is 225 Å². The molecule has 1 aromatic heterocycles. The van der Waals surface area contributed by atoms with Gasteiger partial charge < -0.3 is 10.2 Å². The van der Waals surface area contributed by atoms with E-state index in [2.05, 4.69) is 31.1 Å². The van der Waals surface area contributed by atoms with E-state index in [4.69, 9.17) is 0 Å². The Morgan fingerprint density at radius 1 is 1.11 bits per heavy atom. The van der Waals surface area contributed by atoms with Crippen molar-refractivity contribution in [1.82, 2.24) is 14.2 Å². The van der Waals surface area contributed by atoms with Crippen LogP contribution >= 0.6 is 27.3 Å². The van der Waals surface area contributed by atoms with Gasteiger partial charge in [-0.2, -0.15) is 4.31 Å². The summed E-state index contributed by atoms with van der Waals surface area (Å²) < 4.78 is 29.8. The normalized spacial score (nSPS) is 19.1. The topological polar surface area (TPSA) is 82.6 Å². The fourth-order valence-corrected chi connectivity index (χ4v) is 8.01. The number of nitrogens with one attached hydrogen (secondary N) is 1. The molecule has 0 unspecified atom stereocenters. The minimum atomic E-state index is -3.54. The predicted octanol–water partition coefficient (Wildman–Crippen LogP) is 5.30. The Hall–Kier alpha value is -1.85. The molecule has 0 spiro atoms. The van der Waals surface area contributed by atoms with Crippen LogP contribution in [0, 0.1) is 5.92 Å². The summed E-state index contributed by atoms with van der Waals surface area (Å²) >= 11 is 4.94. The van der Waals surface area contributed by atoms with Crippen molar-refractivity contribution in [3.05, 3.63) is 52.5 Å². The summed E-state index contributed by atoms with van der Waals surface area (Å²) in [6.45, 7) is 2.44. The van der Waals surface area contributed by atoms with Crippen LogP contribution < -0.4 is 5.32 Å². The lowest BCUT2D eigenvalue weighted by molar-refractivity contribution is -0.118. The molecule has 7 nitrogen and oxygen atoms in total. The molecule has 1 aliphatic heterocycles. The first-order valence-electron chi connectivity index (χ1n) is 12.5. The fourth-order valence-electron chi connectivity index (χ4n) is 5.17. The van der Waals surface area contributed by atoms with Gasteiger partial charge in [-0.1, -0.05) is 65.1 Å². The molecule has 2 aliphatic rings. The highest BCUT2D eigenvalue weighted by Crippen LogP contribution is 2.36. The van der Waals surface area contributed by atoms with Crippen LogP contribution in [-0.2, 0) is 14.8 Å². The maximum atomic E-state index is 13.5. The number of thiazole rings is 1. The van der Waals surface area contributed by atoms with E-state index in [0.717, 1.165) is 52.6 Å². The highest BCUT2D eigenvalue weighted by Gasteiger charge is 2.30. The van der Waals surface area contributed by atoms with Crippen molar-refractivity contribution in [3.63, 3.8) is 0 Å². The Morgan fingerprint density at radius 2 is 1.81 bits per heavy atom. The van der Waals surface area contributed by atoms with E-state index in [0.29, 0.717) is 24.1 Å². The molecule has 0 radical (unpaired) electrons. The monoisotopic (exact) mass is 590 g/mol. The van der Waals surface area contributed by atoms with E-state index in [9.17, 15) is 13.2 Å². The van der Waals surface area contributed by atoms with Gasteiger partial charge in [0, 0.05) is 30.7 Å². The number of likely N-dealkylation sites (N-methyl/N-ethyl adjacent to an activating group) is 1. The molecule has 2 fully saturated rings. The number of anilines is 1. The zero-order chi connectivity index (χ0) is 25.3. The highest BCUT2D eigenvalue weighted by molar-refractivity contribution is 9.10. The van der Waals surface area contributed by atoms with Crippen molar-refractivity contribution in [2.24, 2.45) is 5.92 Å². The Morgan fingerprint density at radius 3 is 2.50 bits per heavy atom. The molecule has 36 heavy (non-hydrogen) atoms. The summed E-state index contributed by atoms with van der Waals surface area (Å²) in [6.07, 6.45) is 5.43. The van der Waals surface area contributed by atoms with Crippen LogP contribution in [0.5, 0.6) is 0 Å². The van der Waals surface area contributed by atoms with Crippen LogP contribution in [0.25, 0.3) is 10.2 Å². The third-order valence-corrected chi connectivity index (χ3v) is 10.7. The molecule has 1 saturated heterocycles. The average molecular weight is 592 g/mol. The van der Waals surface area contributed by atoms with Gasteiger partial charge in [0.25, 0.3) is 0 Å². The minimum absolute atomic E-state index is 0.0882. The molecule has 2 aromatic carbocycles. The number of hydrogen-bond donors (Lipinski definition) is 1. The summed E-state index contributed by atoms with van der Waals surface area (Å²) in [7, 11) is -1.54. The Bertz CT molecular complexity index is 1330. The standard InChI is InChI=1S/C26H31BrN4O3S2/c1-30-12-14-31(15-13-30)36(33,34)21-9-6-19(7-10-21)22(16-18-4-2-3-5-18)25(32)29-26-28-23-11-8-20(27)17-24(23)35-26/h6-11,17-18,22H,2-5,12-16H2,1H3,(H,28,29,32)/t22-/m1/s1. The smallest absolute Gasteiger partial charge is 0.243 e. The number of carbonyl (C=O) groups is 1. The van der Waals surface area contributed by atoms with E-state index < -0.39 is 10.0 Å². The van der Waals surface area contributed by atoms with Crippen molar-refractivity contribution >= 4 is 58.5 Å². The summed E-state index contributed by atoms with van der Waals surface area (Å²) in [5, 5.41) is 3.63. The second-order valence-electron chi connectivity index (χ2n) is 9.84. The summed E-state index contributed by atoms with van der Waals surface area (Å²) in [5.74, 6) is 0.0581. The number of benzene rings is 2. The van der Waals surface area contributed by atoms with E-state index >= 15 is 0 Å². The van der Waals surface area contributed by atoms with Gasteiger partial charge >= 0.3 is 0 Å². The minimum Gasteiger partial charge on any atom is -0.304 e. The van der Waals surface area contributed by atoms with E-state index in [1.807, 2.05) is 37.4 Å². The first-order chi connectivity index (χ1) is 17.3. The SMILES string of the molecule is CN1CCN(S(=O)(=O)c2ccc([C@@H](CC3CCCC3)C(=O)Nc3nc4ccc(Br)cc4s3)cc2)CC1. The molecule has 1 amide bonds. The number of nitrogens with zero attached hydrogens (tertiary/aromatic N) is 3. The van der Waals surface area contributed by atoms with Crippen molar-refractivity contribution in [1.29, 1.82) is 0 Å². The zero-order valence-electron chi connectivity index (χ0n) is 20.3. The number of rotatable bonds is 7. The van der Waals surface area contributed by atoms with E-state index in [1.165, 1.54) is 24.2 Å². The molecule has 3 aromatic rings. The molecule has 192 valence electrons. The van der Waals surface area contributed by atoms with Gasteiger partial charge in [0.1, 0.15) is 0 Å². The summed E-state index contributed by atoms with van der Waals surface area (Å²) in [6, 6.07) is 12.8. The summed E-state index contributed by atoms with van der Waals surface area (Å²) in [4.78, 5) is 20.5. The number of carbonyl (C=O) groups excluding carboxylic acids is 1. The van der Waals surface area contributed by atoms with Gasteiger partial charge in [-0.15, -0.1) is 0 Å². The number of aromatic nitrogens is 1. The molecule has 1 atom stereocenters. The number of hydrogen-bond acceptors (Lipinski definition) is 6. The van der Waals surface area contributed by atoms with Crippen molar-refractivity contribution < 1.29 is 13.2 Å². The van der Waals surface area contributed by atoms with Crippen molar-refractivity contribution in [2.75, 3.05) is 38.5 Å². The molecule has 2 heterocycles. The largest absolute Gasteiger partial charge is 0.304 e. The van der Waals surface area contributed by atoms with Crippen LogP contribution in [0.15, 0.2) is 51.8 Å². The molecule has 1 saturated carbocycles. The Kier molecular flexibility index (Phi) is 7.78. The quantitative estimate of drug-likeness (QED) is 0.404. The van der Waals surface area contributed by atoms with Crippen molar-refractivity contribution in [2.45, 2.75) is 42.9 Å². The number of halogens is 1. The lowest BCUT2D eigenvalue weighted by Crippen LogP contribution is -2.47. The fraction of sp³-hybridized carbons (Fsp3) is 0.462. The summed E-state index contributed by atoms with van der Waals surface area (Å²) in [5.41, 5.74) is 1.70. The number of sulfonamides is 1. The van der Waals surface area contributed by atoms with Gasteiger partial charge in [0.05, 0.1) is 21.0 Å². The van der Waals surface area contributed by atoms with Crippen LogP contribution in [0.4, 0.5) is 5.13 Å². The first-order valence-corrected chi connectivity index (χ1v) is 15.5. The van der Waals surface area contributed by atoms with Crippen LogP contribution in [0.2, 0.25) is 0 Å². The van der Waals surface area contributed by atoms with Crippen LogP contribution in [-0.4, -0.2) is 61.7 Å². The predicted molar refractivity (Wildman–Crippen MR) is 148 cm³/mol. The number of fused-ring (bicyclic) bond motifs is 1. The first kappa shape index (κ1) is 25.8. The lowest BCUT2D eigenvalue weighted by Gasteiger charge is -2.31. The van der Waals surface area contributed by atoms with Gasteiger partial charge in [0.15, 0.2) is 5.13 Å². The molecule has 5 rings (SSSR count). The van der Waals surface area contributed by atoms with E-state index in [-0.39, 0.29) is 16.7 Å². The van der Waals surface area contributed by atoms with Crippen LogP contribution in [0.3, 0.4) is 0 Å². The van der Waals surface area contributed by atoms with Gasteiger partial charge in [-0.3, -0.25) is 4.79 Å². The molecular formula is C26H31BrN4O3S2. The Balaban J connectivity index is 1.37. The number of piperazine rings is 1. The molecule has 1 aliphatic carbocycles. The molecule has 0 bridgehead atoms.